The van der Waals surface area contributed by atoms with Gasteiger partial charge in [0.1, 0.15) is 5.82 Å². The third-order valence-corrected chi connectivity index (χ3v) is 6.82. The molecule has 0 saturated heterocycles. The number of halogens is 1. The van der Waals surface area contributed by atoms with E-state index < -0.39 is 5.92 Å². The van der Waals surface area contributed by atoms with Gasteiger partial charge in [-0.3, -0.25) is 14.4 Å². The molecule has 0 saturated carbocycles. The van der Waals surface area contributed by atoms with Crippen molar-refractivity contribution in [1.82, 2.24) is 21.3 Å². The average Bonchev–Trinajstić information content (AvgIpc) is 2.96. The lowest BCUT2D eigenvalue weighted by molar-refractivity contribution is -0.122. The fraction of sp³-hybridized carbons (Fsp3) is 0.406. The van der Waals surface area contributed by atoms with Crippen molar-refractivity contribution in [2.24, 2.45) is 0 Å². The van der Waals surface area contributed by atoms with E-state index in [4.69, 9.17) is 0 Å². The Kier molecular flexibility index (Phi) is 12.6. The van der Waals surface area contributed by atoms with Crippen molar-refractivity contribution >= 4 is 17.5 Å². The third kappa shape index (κ3) is 9.45. The maximum Gasteiger partial charge on any atom is 0.227 e. The number of rotatable bonds is 17. The number of unbranched alkanes of at least 4 members (excludes halogenated alkanes) is 2. The summed E-state index contributed by atoms with van der Waals surface area (Å²) in [6, 6.07) is 14.3. The summed E-state index contributed by atoms with van der Waals surface area (Å²) in [5, 5.41) is 12.3. The summed E-state index contributed by atoms with van der Waals surface area (Å²) in [7, 11) is 0. The van der Waals surface area contributed by atoms with Crippen LogP contribution >= 0.6 is 0 Å². The van der Waals surface area contributed by atoms with Gasteiger partial charge in [-0.2, -0.15) is 0 Å². The summed E-state index contributed by atoms with van der Waals surface area (Å²) in [6.07, 6.45) is 7.42. The molecule has 0 radical (unpaired) electrons. The van der Waals surface area contributed by atoms with Crippen LogP contribution in [0.15, 0.2) is 72.1 Å². The summed E-state index contributed by atoms with van der Waals surface area (Å²) in [6.45, 7) is 7.13. The van der Waals surface area contributed by atoms with Gasteiger partial charge in [0.25, 0.3) is 0 Å². The van der Waals surface area contributed by atoms with Crippen LogP contribution in [0.4, 0.5) is 4.39 Å². The van der Waals surface area contributed by atoms with Gasteiger partial charge >= 0.3 is 0 Å². The molecule has 4 N–H and O–H groups in total. The van der Waals surface area contributed by atoms with Gasteiger partial charge in [-0.1, -0.05) is 62.2 Å². The second-order valence-electron chi connectivity index (χ2n) is 9.98. The van der Waals surface area contributed by atoms with Gasteiger partial charge in [-0.25, -0.2) is 4.39 Å². The molecule has 0 fully saturated rings. The Labute approximate surface area is 236 Å². The van der Waals surface area contributed by atoms with Gasteiger partial charge < -0.3 is 21.3 Å². The van der Waals surface area contributed by atoms with Crippen LogP contribution in [0.5, 0.6) is 0 Å². The second kappa shape index (κ2) is 16.4. The van der Waals surface area contributed by atoms with Gasteiger partial charge in [0.05, 0.1) is 17.3 Å². The molecular weight excluding hydrogens is 507 g/mol. The van der Waals surface area contributed by atoms with Crippen molar-refractivity contribution in [3.8, 4) is 11.1 Å². The molecule has 7 nitrogen and oxygen atoms in total. The Morgan fingerprint density at radius 2 is 1.43 bits per heavy atom. The molecule has 2 aromatic carbocycles. The van der Waals surface area contributed by atoms with Gasteiger partial charge in [-0.15, -0.1) is 0 Å². The van der Waals surface area contributed by atoms with Crippen molar-refractivity contribution in [2.75, 3.05) is 32.7 Å². The van der Waals surface area contributed by atoms with E-state index in [0.717, 1.165) is 50.8 Å². The maximum atomic E-state index is 14.7. The van der Waals surface area contributed by atoms with E-state index in [1.807, 2.05) is 30.3 Å². The van der Waals surface area contributed by atoms with Crippen LogP contribution in [0, 0.1) is 5.82 Å². The average molecular weight is 549 g/mol. The van der Waals surface area contributed by atoms with Crippen LogP contribution < -0.4 is 21.3 Å². The summed E-state index contributed by atoms with van der Waals surface area (Å²) in [5.41, 5.74) is 2.66. The van der Waals surface area contributed by atoms with E-state index in [2.05, 4.69) is 28.2 Å². The number of allylic oxidation sites excluding steroid dienone is 2. The molecule has 214 valence electrons. The highest BCUT2D eigenvalue weighted by atomic mass is 19.1. The van der Waals surface area contributed by atoms with E-state index in [9.17, 15) is 18.8 Å². The highest BCUT2D eigenvalue weighted by Gasteiger charge is 2.20. The predicted molar refractivity (Wildman–Crippen MR) is 157 cm³/mol. The Morgan fingerprint density at radius 1 is 0.800 bits per heavy atom. The molecule has 1 atom stereocenters. The number of carbonyl (C=O) groups excluding carboxylic acids is 3. The molecule has 3 rings (SSSR count). The van der Waals surface area contributed by atoms with Gasteiger partial charge in [0, 0.05) is 37.3 Å². The Morgan fingerprint density at radius 3 is 2.05 bits per heavy atom. The lowest BCUT2D eigenvalue weighted by Crippen LogP contribution is -2.32. The number of hydrogen-bond acceptors (Lipinski definition) is 6. The summed E-state index contributed by atoms with van der Waals surface area (Å²) < 4.78 is 14.7. The molecule has 0 unspecified atom stereocenters. The minimum Gasteiger partial charge on any atom is -0.382 e. The standard InChI is InChI=1S/C32H41FN4O3/c1-3-4-8-17-35-28-21-31(39)29(22-30(28)38)36-18-9-15-34-16-10-19-37-32(40)23(2)25-13-14-26(27(33)20-25)24-11-6-5-7-12-24/h5-7,11-14,20-23,34-36H,3-4,8-10,15-19H2,1-2H3,(H,37,40)/t23-/m0/s1. The smallest absolute Gasteiger partial charge is 0.227 e. The molecule has 0 heterocycles. The molecule has 2 aromatic rings. The van der Waals surface area contributed by atoms with Gasteiger partial charge in [0.15, 0.2) is 0 Å². The summed E-state index contributed by atoms with van der Waals surface area (Å²) in [4.78, 5) is 37.1. The molecule has 1 aliphatic carbocycles. The maximum absolute atomic E-state index is 14.7. The number of hydrogen-bond donors (Lipinski definition) is 4. The molecule has 1 aliphatic rings. The first-order valence-electron chi connectivity index (χ1n) is 14.2. The van der Waals surface area contributed by atoms with E-state index in [1.165, 1.54) is 18.2 Å². The monoisotopic (exact) mass is 548 g/mol. The molecule has 0 bridgehead atoms. The molecule has 40 heavy (non-hydrogen) atoms. The largest absolute Gasteiger partial charge is 0.382 e. The molecule has 0 aliphatic heterocycles. The highest BCUT2D eigenvalue weighted by molar-refractivity contribution is 6.19. The van der Waals surface area contributed by atoms with Crippen LogP contribution in [0.25, 0.3) is 11.1 Å². The van der Waals surface area contributed by atoms with Crippen molar-refractivity contribution in [3.05, 3.63) is 83.5 Å². The van der Waals surface area contributed by atoms with Crippen molar-refractivity contribution in [3.63, 3.8) is 0 Å². The van der Waals surface area contributed by atoms with E-state index in [0.29, 0.717) is 42.2 Å². The first-order chi connectivity index (χ1) is 19.4. The zero-order chi connectivity index (χ0) is 28.7. The highest BCUT2D eigenvalue weighted by Crippen LogP contribution is 2.26. The lowest BCUT2D eigenvalue weighted by Gasteiger charge is -2.15. The van der Waals surface area contributed by atoms with Crippen LogP contribution in [0.2, 0.25) is 0 Å². The Hall–Kier alpha value is -3.78. The lowest BCUT2D eigenvalue weighted by atomic mass is 9.96. The molecule has 0 spiro atoms. The minimum absolute atomic E-state index is 0.135. The van der Waals surface area contributed by atoms with Crippen LogP contribution in [-0.4, -0.2) is 50.2 Å². The summed E-state index contributed by atoms with van der Waals surface area (Å²) >= 11 is 0. The van der Waals surface area contributed by atoms with Crippen LogP contribution in [-0.2, 0) is 14.4 Å². The normalized spacial score (nSPS) is 13.9. The van der Waals surface area contributed by atoms with Crippen molar-refractivity contribution in [1.29, 1.82) is 0 Å². The van der Waals surface area contributed by atoms with Crippen LogP contribution in [0.1, 0.15) is 57.4 Å². The number of nitrogens with one attached hydrogen (secondary N) is 4. The van der Waals surface area contributed by atoms with Crippen molar-refractivity contribution < 1.29 is 18.8 Å². The van der Waals surface area contributed by atoms with E-state index in [-0.39, 0.29) is 23.3 Å². The number of benzene rings is 2. The first kappa shape index (κ1) is 30.8. The quantitative estimate of drug-likeness (QED) is 0.173. The summed E-state index contributed by atoms with van der Waals surface area (Å²) in [5.74, 6) is -1.30. The molecule has 8 heteroatoms. The van der Waals surface area contributed by atoms with Crippen molar-refractivity contribution in [2.45, 2.75) is 51.9 Å². The third-order valence-electron chi connectivity index (χ3n) is 6.82. The van der Waals surface area contributed by atoms with E-state index in [1.54, 1.807) is 19.1 Å². The number of amides is 1. The predicted octanol–water partition coefficient (Wildman–Crippen LogP) is 4.37. The van der Waals surface area contributed by atoms with Crippen LogP contribution in [0.3, 0.4) is 0 Å². The zero-order valence-electron chi connectivity index (χ0n) is 23.5. The molecule has 1 amide bonds. The second-order valence-corrected chi connectivity index (χ2v) is 9.98. The van der Waals surface area contributed by atoms with Gasteiger partial charge in [-0.05, 0) is 56.5 Å². The Balaban J connectivity index is 1.27. The first-order valence-corrected chi connectivity index (χ1v) is 14.2. The fourth-order valence-electron chi connectivity index (χ4n) is 4.38. The zero-order valence-corrected chi connectivity index (χ0v) is 23.5. The number of ketones is 2. The number of carbonyl (C=O) groups is 3. The fourth-order valence-corrected chi connectivity index (χ4v) is 4.38. The Bertz CT molecular complexity index is 1210. The SMILES string of the molecule is CCCCCNC1=CC(=O)C(NCCCNCCCNC(=O)[C@@H](C)c2ccc(-c3ccccc3)c(F)c2)=CC1=O. The molecular formula is C32H41FN4O3. The topological polar surface area (TPSA) is 99.3 Å². The minimum atomic E-state index is -0.454. The van der Waals surface area contributed by atoms with Gasteiger partial charge in [0.2, 0.25) is 17.5 Å². The molecule has 0 aromatic heterocycles. The van der Waals surface area contributed by atoms with E-state index >= 15 is 0 Å².